The zero-order valence-electron chi connectivity index (χ0n) is 14.3. The first kappa shape index (κ1) is 17.6. The van der Waals surface area contributed by atoms with Gasteiger partial charge < -0.3 is 4.42 Å². The van der Waals surface area contributed by atoms with E-state index in [1.54, 1.807) is 24.3 Å². The summed E-state index contributed by atoms with van der Waals surface area (Å²) >= 11 is 1.32. The summed E-state index contributed by atoms with van der Waals surface area (Å²) in [5.74, 6) is -0.627. The number of anilines is 1. The van der Waals surface area contributed by atoms with Crippen molar-refractivity contribution < 1.29 is 14.1 Å². The lowest BCUT2D eigenvalue weighted by atomic mass is 10.2. The second-order valence-corrected chi connectivity index (χ2v) is 6.63. The van der Waals surface area contributed by atoms with E-state index < -0.39 is 10.8 Å². The quantitative estimate of drug-likeness (QED) is 0.283. The summed E-state index contributed by atoms with van der Waals surface area (Å²) in [4.78, 5) is 27.6. The number of hydrogen-bond donors (Lipinski definition) is 0. The van der Waals surface area contributed by atoms with E-state index in [1.807, 2.05) is 30.3 Å². The highest BCUT2D eigenvalue weighted by Gasteiger charge is 2.21. The minimum absolute atomic E-state index is 0.152. The smallest absolute Gasteiger partial charge is 0.400 e. The lowest BCUT2D eigenvalue weighted by molar-refractivity contribution is -0.402. The highest BCUT2D eigenvalue weighted by atomic mass is 32.1. The van der Waals surface area contributed by atoms with E-state index in [2.05, 4.69) is 10.1 Å². The molecule has 0 aliphatic carbocycles. The van der Waals surface area contributed by atoms with E-state index in [0.29, 0.717) is 10.7 Å². The summed E-state index contributed by atoms with van der Waals surface area (Å²) in [5.41, 5.74) is 1.18. The van der Waals surface area contributed by atoms with Gasteiger partial charge in [0.1, 0.15) is 4.92 Å². The van der Waals surface area contributed by atoms with Crippen molar-refractivity contribution in [2.45, 2.75) is 0 Å². The molecule has 0 fully saturated rings. The van der Waals surface area contributed by atoms with Crippen LogP contribution in [0.15, 0.2) is 76.2 Å². The normalized spacial score (nSPS) is 11.1. The topological polar surface area (TPSA) is 102 Å². The number of amides is 1. The number of thiazole rings is 1. The molecule has 1 amide bonds. The third-order valence-electron chi connectivity index (χ3n) is 3.77. The molecule has 0 aliphatic heterocycles. The van der Waals surface area contributed by atoms with Crippen LogP contribution in [-0.2, 0) is 0 Å². The number of aromatic nitrogens is 1. The third kappa shape index (κ3) is 3.51. The molecular weight excluding hydrogens is 380 g/mol. The third-order valence-corrected chi connectivity index (χ3v) is 4.78. The lowest BCUT2D eigenvalue weighted by Crippen LogP contribution is -2.25. The van der Waals surface area contributed by atoms with E-state index in [0.717, 1.165) is 15.2 Å². The molecule has 8 nitrogen and oxygen atoms in total. The summed E-state index contributed by atoms with van der Waals surface area (Å²) in [6, 6.07) is 18.8. The van der Waals surface area contributed by atoms with E-state index >= 15 is 0 Å². The molecular formula is C19H12N4O4S. The minimum Gasteiger partial charge on any atom is -0.400 e. The van der Waals surface area contributed by atoms with Crippen molar-refractivity contribution in [1.82, 2.24) is 4.98 Å². The van der Waals surface area contributed by atoms with Crippen LogP contribution in [-0.4, -0.2) is 22.0 Å². The van der Waals surface area contributed by atoms with Crippen LogP contribution in [0.1, 0.15) is 16.1 Å². The maximum Gasteiger partial charge on any atom is 0.433 e. The maximum atomic E-state index is 13.0. The Kier molecular flexibility index (Phi) is 4.65. The molecule has 4 rings (SSSR count). The molecule has 2 aromatic heterocycles. The highest BCUT2D eigenvalue weighted by molar-refractivity contribution is 7.22. The van der Waals surface area contributed by atoms with E-state index in [1.165, 1.54) is 29.7 Å². The number of hydrogen-bond acceptors (Lipinski definition) is 7. The average molecular weight is 392 g/mol. The Bertz CT molecular complexity index is 1150. The average Bonchev–Trinajstić information content (AvgIpc) is 3.35. The van der Waals surface area contributed by atoms with Gasteiger partial charge in [-0.15, -0.1) is 0 Å². The molecule has 4 aromatic rings. The van der Waals surface area contributed by atoms with Gasteiger partial charge in [-0.05, 0) is 30.3 Å². The molecule has 0 atom stereocenters. The van der Waals surface area contributed by atoms with Crippen LogP contribution < -0.4 is 5.01 Å². The lowest BCUT2D eigenvalue weighted by Gasteiger charge is -2.13. The van der Waals surface area contributed by atoms with Crippen molar-refractivity contribution in [3.05, 3.63) is 88.2 Å². The van der Waals surface area contributed by atoms with Crippen LogP contribution >= 0.6 is 11.3 Å². The summed E-state index contributed by atoms with van der Waals surface area (Å²) in [6.07, 6.45) is 1.25. The number of furan rings is 1. The van der Waals surface area contributed by atoms with Gasteiger partial charge in [0, 0.05) is 5.56 Å². The zero-order chi connectivity index (χ0) is 19.5. The van der Waals surface area contributed by atoms with Crippen molar-refractivity contribution in [1.29, 1.82) is 0 Å². The van der Waals surface area contributed by atoms with Gasteiger partial charge in [-0.3, -0.25) is 14.9 Å². The van der Waals surface area contributed by atoms with Crippen molar-refractivity contribution in [3.8, 4) is 0 Å². The number of benzene rings is 2. The Balaban J connectivity index is 1.73. The van der Waals surface area contributed by atoms with Crippen LogP contribution in [0.5, 0.6) is 0 Å². The Hall–Kier alpha value is -3.85. The van der Waals surface area contributed by atoms with Gasteiger partial charge in [0.15, 0.2) is 5.76 Å². The summed E-state index contributed by atoms with van der Waals surface area (Å²) in [6.45, 7) is 0. The molecule has 138 valence electrons. The van der Waals surface area contributed by atoms with Gasteiger partial charge in [-0.2, -0.15) is 10.1 Å². The number of para-hydroxylation sites is 1. The summed E-state index contributed by atoms with van der Waals surface area (Å²) in [7, 11) is 0. The number of hydrazone groups is 1. The van der Waals surface area contributed by atoms with Crippen LogP contribution in [0, 0.1) is 10.1 Å². The SMILES string of the molecule is O=C(c1ccccc1)N(/N=C/c1ccc([N+](=O)[O-])o1)c1nc2ccccc2s1. The monoisotopic (exact) mass is 392 g/mol. The van der Waals surface area contributed by atoms with Crippen molar-refractivity contribution >= 4 is 44.7 Å². The molecule has 0 radical (unpaired) electrons. The number of nitrogens with zero attached hydrogens (tertiary/aromatic N) is 4. The predicted octanol–water partition coefficient (Wildman–Crippen LogP) is 4.48. The molecule has 0 N–H and O–H groups in total. The van der Waals surface area contributed by atoms with Crippen LogP contribution in [0.3, 0.4) is 0 Å². The first-order valence-electron chi connectivity index (χ1n) is 8.15. The molecule has 0 aliphatic rings. The predicted molar refractivity (Wildman–Crippen MR) is 106 cm³/mol. The number of carbonyl (C=O) groups is 1. The number of fused-ring (bicyclic) bond motifs is 1. The standard InChI is InChI=1S/C19H12N4O4S/c24-18(13-6-2-1-3-7-13)22(19-21-15-8-4-5-9-16(15)28-19)20-12-14-10-11-17(27-14)23(25)26/h1-12H/b20-12+. The molecule has 2 heterocycles. The van der Waals surface area contributed by atoms with Crippen LogP contribution in [0.4, 0.5) is 11.0 Å². The van der Waals surface area contributed by atoms with Crippen molar-refractivity contribution in [3.63, 3.8) is 0 Å². The van der Waals surface area contributed by atoms with Gasteiger partial charge in [-0.1, -0.05) is 41.7 Å². The molecule has 9 heteroatoms. The zero-order valence-corrected chi connectivity index (χ0v) is 15.1. The second kappa shape index (κ2) is 7.41. The Morgan fingerprint density at radius 1 is 1.11 bits per heavy atom. The summed E-state index contributed by atoms with van der Waals surface area (Å²) in [5, 5.41) is 16.5. The highest BCUT2D eigenvalue weighted by Crippen LogP contribution is 2.30. The minimum atomic E-state index is -0.641. The van der Waals surface area contributed by atoms with E-state index in [-0.39, 0.29) is 11.7 Å². The first-order chi connectivity index (χ1) is 13.6. The Morgan fingerprint density at radius 2 is 1.86 bits per heavy atom. The van der Waals surface area contributed by atoms with Crippen LogP contribution in [0.25, 0.3) is 10.2 Å². The molecule has 0 saturated carbocycles. The first-order valence-corrected chi connectivity index (χ1v) is 8.97. The molecule has 0 unspecified atom stereocenters. The van der Waals surface area contributed by atoms with Crippen molar-refractivity contribution in [2.75, 3.05) is 5.01 Å². The second-order valence-electron chi connectivity index (χ2n) is 5.62. The molecule has 0 spiro atoms. The molecule has 0 saturated heterocycles. The molecule has 28 heavy (non-hydrogen) atoms. The summed E-state index contributed by atoms with van der Waals surface area (Å²) < 4.78 is 5.98. The molecule has 2 aromatic carbocycles. The fraction of sp³-hybridized carbons (Fsp3) is 0. The number of carbonyl (C=O) groups excluding carboxylic acids is 1. The van der Waals surface area contributed by atoms with Gasteiger partial charge in [0.2, 0.25) is 5.13 Å². The van der Waals surface area contributed by atoms with E-state index in [9.17, 15) is 14.9 Å². The maximum absolute atomic E-state index is 13.0. The largest absolute Gasteiger partial charge is 0.433 e. The number of rotatable bonds is 5. The fourth-order valence-corrected chi connectivity index (χ4v) is 3.39. The van der Waals surface area contributed by atoms with Gasteiger partial charge >= 0.3 is 5.88 Å². The Labute approximate surface area is 162 Å². The Morgan fingerprint density at radius 3 is 2.57 bits per heavy atom. The fourth-order valence-electron chi connectivity index (χ4n) is 2.47. The van der Waals surface area contributed by atoms with Crippen molar-refractivity contribution in [2.24, 2.45) is 5.10 Å². The van der Waals surface area contributed by atoms with Crippen LogP contribution in [0.2, 0.25) is 0 Å². The molecule has 0 bridgehead atoms. The van der Waals surface area contributed by atoms with Gasteiger partial charge in [0.25, 0.3) is 5.91 Å². The number of nitro groups is 1. The van der Waals surface area contributed by atoms with Gasteiger partial charge in [-0.25, -0.2) is 4.98 Å². The van der Waals surface area contributed by atoms with Gasteiger partial charge in [0.05, 0.1) is 22.5 Å². The van der Waals surface area contributed by atoms with E-state index in [4.69, 9.17) is 4.42 Å².